The topological polar surface area (TPSA) is 43.1 Å². The molecule has 0 heterocycles. The van der Waals surface area contributed by atoms with Crippen LogP contribution in [0.15, 0.2) is 0 Å². The Morgan fingerprint density at radius 1 is 1.56 bits per heavy atom. The number of hydrogen-bond donors (Lipinski definition) is 1. The molecule has 0 amide bonds. The third-order valence-corrected chi connectivity index (χ3v) is 1.52. The summed E-state index contributed by atoms with van der Waals surface area (Å²) in [6.07, 6.45) is 3.40. The summed E-state index contributed by atoms with van der Waals surface area (Å²) < 4.78 is 0. The number of hydrogen-bond acceptors (Lipinski definition) is 2. The average Bonchev–Trinajstić information content (AvgIpc) is 1.64. The highest BCUT2D eigenvalue weighted by Crippen LogP contribution is 2.11. The van der Waals surface area contributed by atoms with Crippen LogP contribution in [-0.2, 0) is 4.79 Å². The highest BCUT2D eigenvalue weighted by atomic mass is 35.5. The van der Waals surface area contributed by atoms with Gasteiger partial charge in [-0.15, -0.1) is 12.4 Å². The van der Waals surface area contributed by atoms with E-state index in [1.54, 1.807) is 0 Å². The molecule has 0 aliphatic heterocycles. The van der Waals surface area contributed by atoms with Crippen LogP contribution in [0.2, 0.25) is 0 Å². The standard InChI is InChI=1S/C6H11NO.ClH/c7-5-2-1-3-6(8)4-5;/h5H,1-4,7H2;1H. The van der Waals surface area contributed by atoms with Crippen LogP contribution in [0, 0.1) is 0 Å². The number of nitrogens with two attached hydrogens (primary N) is 1. The van der Waals surface area contributed by atoms with E-state index in [1.807, 2.05) is 0 Å². The summed E-state index contributed by atoms with van der Waals surface area (Å²) in [7, 11) is 0. The van der Waals surface area contributed by atoms with Crippen molar-refractivity contribution in [1.82, 2.24) is 0 Å². The van der Waals surface area contributed by atoms with E-state index >= 15 is 0 Å². The lowest BCUT2D eigenvalue weighted by Gasteiger charge is -2.14. The fourth-order valence-corrected chi connectivity index (χ4v) is 1.06. The molecule has 0 saturated heterocycles. The van der Waals surface area contributed by atoms with Gasteiger partial charge < -0.3 is 5.73 Å². The van der Waals surface area contributed by atoms with Gasteiger partial charge in [-0.1, -0.05) is 0 Å². The maximum absolute atomic E-state index is 10.6. The van der Waals surface area contributed by atoms with E-state index in [2.05, 4.69) is 0 Å². The largest absolute Gasteiger partial charge is 0.327 e. The predicted octanol–water partition coefficient (Wildman–Crippen LogP) is 0.879. The first kappa shape index (κ1) is 8.92. The van der Waals surface area contributed by atoms with Crippen molar-refractivity contribution in [1.29, 1.82) is 0 Å². The first-order valence-electron chi connectivity index (χ1n) is 3.06. The molecule has 0 aromatic heterocycles. The number of carbonyl (C=O) groups excluding carboxylic acids is 1. The molecule has 3 heteroatoms. The minimum Gasteiger partial charge on any atom is -0.327 e. The number of carbonyl (C=O) groups is 1. The predicted molar refractivity (Wildman–Crippen MR) is 38.7 cm³/mol. The van der Waals surface area contributed by atoms with Crippen LogP contribution >= 0.6 is 12.4 Å². The minimum absolute atomic E-state index is 0. The number of halogens is 1. The van der Waals surface area contributed by atoms with Crippen LogP contribution in [0.25, 0.3) is 0 Å². The second-order valence-electron chi connectivity index (χ2n) is 2.40. The lowest BCUT2D eigenvalue weighted by molar-refractivity contribution is -0.120. The van der Waals surface area contributed by atoms with Gasteiger partial charge in [0.05, 0.1) is 0 Å². The fourth-order valence-electron chi connectivity index (χ4n) is 1.06. The Balaban J connectivity index is 0.000000640. The highest BCUT2D eigenvalue weighted by molar-refractivity contribution is 5.85. The van der Waals surface area contributed by atoms with Crippen LogP contribution in [0.1, 0.15) is 25.7 Å². The minimum atomic E-state index is 0. The Hall–Kier alpha value is -0.0800. The van der Waals surface area contributed by atoms with Crippen molar-refractivity contribution in [3.05, 3.63) is 0 Å². The van der Waals surface area contributed by atoms with Gasteiger partial charge in [-0.05, 0) is 12.8 Å². The van der Waals surface area contributed by atoms with Gasteiger partial charge in [0.25, 0.3) is 0 Å². The maximum Gasteiger partial charge on any atom is 0.134 e. The van der Waals surface area contributed by atoms with E-state index in [0.29, 0.717) is 12.2 Å². The van der Waals surface area contributed by atoms with Gasteiger partial charge in [0.1, 0.15) is 5.78 Å². The third kappa shape index (κ3) is 2.82. The molecule has 0 aromatic carbocycles. The van der Waals surface area contributed by atoms with Crippen LogP contribution in [0.5, 0.6) is 0 Å². The first-order valence-corrected chi connectivity index (χ1v) is 3.06. The lowest BCUT2D eigenvalue weighted by atomic mass is 9.95. The molecule has 1 fully saturated rings. The summed E-state index contributed by atoms with van der Waals surface area (Å²) >= 11 is 0. The molecule has 0 spiro atoms. The van der Waals surface area contributed by atoms with E-state index in [9.17, 15) is 4.79 Å². The molecular weight excluding hydrogens is 138 g/mol. The quantitative estimate of drug-likeness (QED) is 0.556. The zero-order valence-corrected chi connectivity index (χ0v) is 6.12. The smallest absolute Gasteiger partial charge is 0.134 e. The average molecular weight is 150 g/mol. The molecule has 1 aliphatic rings. The van der Waals surface area contributed by atoms with Gasteiger partial charge in [-0.3, -0.25) is 4.79 Å². The van der Waals surface area contributed by atoms with Crippen molar-refractivity contribution >= 4 is 18.2 Å². The van der Waals surface area contributed by atoms with Crippen molar-refractivity contribution in [2.24, 2.45) is 5.73 Å². The molecule has 54 valence electrons. The Morgan fingerprint density at radius 2 is 2.22 bits per heavy atom. The molecule has 0 radical (unpaired) electrons. The van der Waals surface area contributed by atoms with E-state index in [1.165, 1.54) is 0 Å². The Morgan fingerprint density at radius 3 is 2.56 bits per heavy atom. The molecule has 1 aliphatic carbocycles. The molecule has 2 nitrogen and oxygen atoms in total. The van der Waals surface area contributed by atoms with Gasteiger partial charge in [-0.2, -0.15) is 0 Å². The molecule has 0 aromatic rings. The van der Waals surface area contributed by atoms with Gasteiger partial charge >= 0.3 is 0 Å². The van der Waals surface area contributed by atoms with E-state index in [4.69, 9.17) is 5.73 Å². The van der Waals surface area contributed by atoms with Crippen molar-refractivity contribution in [3.8, 4) is 0 Å². The van der Waals surface area contributed by atoms with Gasteiger partial charge in [0, 0.05) is 18.9 Å². The Bertz CT molecular complexity index is 105. The third-order valence-electron chi connectivity index (χ3n) is 1.52. The van der Waals surface area contributed by atoms with Crippen LogP contribution in [0.4, 0.5) is 0 Å². The molecule has 1 unspecified atom stereocenters. The summed E-state index contributed by atoms with van der Waals surface area (Å²) in [6.45, 7) is 0. The van der Waals surface area contributed by atoms with E-state index in [-0.39, 0.29) is 18.4 Å². The van der Waals surface area contributed by atoms with E-state index < -0.39 is 0 Å². The second-order valence-corrected chi connectivity index (χ2v) is 2.40. The van der Waals surface area contributed by atoms with Crippen LogP contribution < -0.4 is 5.73 Å². The number of Topliss-reactive ketones (excluding diaryl/α,β-unsaturated/α-hetero) is 1. The first-order chi connectivity index (χ1) is 3.79. The number of rotatable bonds is 0. The zero-order valence-electron chi connectivity index (χ0n) is 5.30. The van der Waals surface area contributed by atoms with Crippen molar-refractivity contribution in [2.75, 3.05) is 0 Å². The van der Waals surface area contributed by atoms with Crippen molar-refractivity contribution in [2.45, 2.75) is 31.7 Å². The van der Waals surface area contributed by atoms with Crippen LogP contribution in [-0.4, -0.2) is 11.8 Å². The summed E-state index contributed by atoms with van der Waals surface area (Å²) in [5.74, 6) is 0.337. The fraction of sp³-hybridized carbons (Fsp3) is 0.833. The molecule has 1 rings (SSSR count). The highest BCUT2D eigenvalue weighted by Gasteiger charge is 2.14. The van der Waals surface area contributed by atoms with Crippen molar-refractivity contribution < 1.29 is 4.79 Å². The summed E-state index contributed by atoms with van der Waals surface area (Å²) in [5.41, 5.74) is 5.50. The van der Waals surface area contributed by atoms with Crippen LogP contribution in [0.3, 0.4) is 0 Å². The molecular formula is C6H12ClNO. The SMILES string of the molecule is Cl.NC1CCCC(=O)C1. The summed E-state index contributed by atoms with van der Waals surface area (Å²) in [6, 6.07) is 0.163. The Labute approximate surface area is 61.2 Å². The zero-order chi connectivity index (χ0) is 5.98. The molecule has 9 heavy (non-hydrogen) atoms. The van der Waals surface area contributed by atoms with Gasteiger partial charge in [-0.25, -0.2) is 0 Å². The molecule has 1 saturated carbocycles. The maximum atomic E-state index is 10.6. The lowest BCUT2D eigenvalue weighted by Crippen LogP contribution is -2.27. The van der Waals surface area contributed by atoms with Gasteiger partial charge in [0.2, 0.25) is 0 Å². The Kier molecular flexibility index (Phi) is 3.82. The number of ketones is 1. The molecule has 1 atom stereocenters. The monoisotopic (exact) mass is 149 g/mol. The van der Waals surface area contributed by atoms with E-state index in [0.717, 1.165) is 19.3 Å². The molecule has 0 bridgehead atoms. The van der Waals surface area contributed by atoms with Gasteiger partial charge in [0.15, 0.2) is 0 Å². The normalized spacial score (nSPS) is 27.2. The molecule has 2 N–H and O–H groups in total. The summed E-state index contributed by atoms with van der Waals surface area (Å²) in [5, 5.41) is 0. The summed E-state index contributed by atoms with van der Waals surface area (Å²) in [4.78, 5) is 10.6. The second kappa shape index (κ2) is 3.85. The van der Waals surface area contributed by atoms with Crippen molar-refractivity contribution in [3.63, 3.8) is 0 Å².